The summed E-state index contributed by atoms with van der Waals surface area (Å²) >= 11 is 0. The van der Waals surface area contributed by atoms with Gasteiger partial charge in [-0.3, -0.25) is 0 Å². The smallest absolute Gasteiger partial charge is 0.00164 e. The topological polar surface area (TPSA) is 0 Å². The molecular weight excluding hydrogens is 477 g/mol. The van der Waals surface area contributed by atoms with Crippen molar-refractivity contribution >= 4 is 51.6 Å². The zero-order chi connectivity index (χ0) is 23.9. The van der Waals surface area contributed by atoms with Gasteiger partial charge in [-0.05, 0) is 53.5 Å². The predicted molar refractivity (Wildman–Crippen MR) is 161 cm³/mol. The Kier molecular flexibility index (Phi) is 8.18. The van der Waals surface area contributed by atoms with E-state index in [0.717, 1.165) is 12.3 Å². The zero-order valence-corrected chi connectivity index (χ0v) is 22.6. The summed E-state index contributed by atoms with van der Waals surface area (Å²) in [4.78, 5) is 0. The molecule has 3 heteroatoms. The quantitative estimate of drug-likeness (QED) is 0.212. The van der Waals surface area contributed by atoms with Crippen molar-refractivity contribution in [2.75, 3.05) is 0 Å². The van der Waals surface area contributed by atoms with Crippen LogP contribution in [0.5, 0.6) is 0 Å². The summed E-state index contributed by atoms with van der Waals surface area (Å²) in [6.07, 6.45) is 2.10. The minimum Gasteiger partial charge on any atom is -0.105 e. The van der Waals surface area contributed by atoms with Gasteiger partial charge in [-0.1, -0.05) is 140 Å². The Bertz CT molecular complexity index is 1260. The molecule has 1 unspecified atom stereocenters. The third-order valence-corrected chi connectivity index (χ3v) is 11.7. The van der Waals surface area contributed by atoms with Crippen LogP contribution >= 0.6 is 25.1 Å². The standard InChI is InChI=1S/C32H29P3/c33-32-23-13-14-26(24-34(27-15-5-1-6-16-27)28-17-7-2-8-18-28)31(32)25-35(29-19-9-3-10-20-29)30-21-11-4-12-22-30/h1-23H,24-25,33H2. The van der Waals surface area contributed by atoms with Crippen LogP contribution in [-0.4, -0.2) is 0 Å². The van der Waals surface area contributed by atoms with Crippen LogP contribution in [0.25, 0.3) is 0 Å². The van der Waals surface area contributed by atoms with Crippen molar-refractivity contribution in [3.05, 3.63) is 151 Å². The van der Waals surface area contributed by atoms with E-state index in [1.54, 1.807) is 0 Å². The molecule has 0 amide bonds. The second-order valence-corrected chi connectivity index (χ2v) is 13.5. The lowest BCUT2D eigenvalue weighted by atomic mass is 10.1. The van der Waals surface area contributed by atoms with Crippen molar-refractivity contribution in [2.24, 2.45) is 0 Å². The van der Waals surface area contributed by atoms with Crippen molar-refractivity contribution in [3.63, 3.8) is 0 Å². The maximum atomic E-state index is 3.02. The summed E-state index contributed by atoms with van der Waals surface area (Å²) < 4.78 is 0. The number of hydrogen-bond acceptors (Lipinski definition) is 0. The first-order valence-electron chi connectivity index (χ1n) is 11.9. The lowest BCUT2D eigenvalue weighted by Crippen LogP contribution is -2.18. The molecule has 5 rings (SSSR count). The average Bonchev–Trinajstić information content (AvgIpc) is 2.93. The first-order chi connectivity index (χ1) is 17.3. The van der Waals surface area contributed by atoms with Gasteiger partial charge < -0.3 is 0 Å². The monoisotopic (exact) mass is 506 g/mol. The van der Waals surface area contributed by atoms with Gasteiger partial charge in [0.2, 0.25) is 0 Å². The molecule has 0 aliphatic carbocycles. The molecule has 0 fully saturated rings. The van der Waals surface area contributed by atoms with Gasteiger partial charge >= 0.3 is 0 Å². The molecule has 0 aliphatic rings. The number of benzene rings is 5. The Balaban J connectivity index is 1.55. The fourth-order valence-electron chi connectivity index (χ4n) is 4.42. The molecule has 172 valence electrons. The molecule has 0 aromatic heterocycles. The van der Waals surface area contributed by atoms with Gasteiger partial charge in [-0.25, -0.2) is 0 Å². The third kappa shape index (κ3) is 5.97. The Labute approximate surface area is 214 Å². The van der Waals surface area contributed by atoms with E-state index in [1.165, 1.54) is 37.6 Å². The summed E-state index contributed by atoms with van der Waals surface area (Å²) in [5.41, 5.74) is 2.95. The lowest BCUT2D eigenvalue weighted by Gasteiger charge is -2.24. The second kappa shape index (κ2) is 11.9. The average molecular weight is 507 g/mol. The van der Waals surface area contributed by atoms with Crippen LogP contribution in [0.3, 0.4) is 0 Å². The molecule has 0 saturated carbocycles. The highest BCUT2D eigenvalue weighted by atomic mass is 31.1. The van der Waals surface area contributed by atoms with E-state index in [9.17, 15) is 0 Å². The summed E-state index contributed by atoms with van der Waals surface area (Å²) in [7, 11) is 2.03. The lowest BCUT2D eigenvalue weighted by molar-refractivity contribution is 1.29. The molecule has 1 atom stereocenters. The summed E-state index contributed by atoms with van der Waals surface area (Å²) in [5.74, 6) is 0. The minimum atomic E-state index is -0.499. The summed E-state index contributed by atoms with van der Waals surface area (Å²) in [5, 5.41) is 7.05. The molecule has 5 aromatic rings. The van der Waals surface area contributed by atoms with E-state index in [1.807, 2.05) is 0 Å². The summed E-state index contributed by atoms with van der Waals surface area (Å²) in [6.45, 7) is 0. The molecular formula is C32H29P3. The van der Waals surface area contributed by atoms with Crippen molar-refractivity contribution in [2.45, 2.75) is 12.3 Å². The normalized spacial score (nSPS) is 11.2. The van der Waals surface area contributed by atoms with E-state index in [4.69, 9.17) is 0 Å². The highest BCUT2D eigenvalue weighted by Crippen LogP contribution is 2.42. The highest BCUT2D eigenvalue weighted by Gasteiger charge is 2.21. The van der Waals surface area contributed by atoms with Gasteiger partial charge in [0.25, 0.3) is 0 Å². The third-order valence-electron chi connectivity index (χ3n) is 6.23. The molecule has 0 radical (unpaired) electrons. The Morgan fingerprint density at radius 1 is 0.400 bits per heavy atom. The van der Waals surface area contributed by atoms with Crippen LogP contribution in [0.4, 0.5) is 0 Å². The first-order valence-corrected chi connectivity index (χ1v) is 15.5. The molecule has 0 aliphatic heterocycles. The number of hydrogen-bond donors (Lipinski definition) is 0. The van der Waals surface area contributed by atoms with Gasteiger partial charge in [-0.15, -0.1) is 9.24 Å². The molecule has 35 heavy (non-hydrogen) atoms. The second-order valence-electron chi connectivity index (χ2n) is 8.50. The molecule has 0 bridgehead atoms. The summed E-state index contributed by atoms with van der Waals surface area (Å²) in [6, 6.07) is 51.0. The van der Waals surface area contributed by atoms with Crippen LogP contribution in [0.2, 0.25) is 0 Å². The van der Waals surface area contributed by atoms with Gasteiger partial charge in [0.1, 0.15) is 0 Å². The Hall–Kier alpha value is -2.61. The van der Waals surface area contributed by atoms with Crippen molar-refractivity contribution in [1.82, 2.24) is 0 Å². The van der Waals surface area contributed by atoms with Crippen molar-refractivity contribution < 1.29 is 0 Å². The molecule has 0 nitrogen and oxygen atoms in total. The Morgan fingerprint density at radius 2 is 0.771 bits per heavy atom. The molecule has 0 spiro atoms. The van der Waals surface area contributed by atoms with E-state index in [0.29, 0.717) is 0 Å². The SMILES string of the molecule is Pc1cccc(CP(c2ccccc2)c2ccccc2)c1CP(c1ccccc1)c1ccccc1. The van der Waals surface area contributed by atoms with Crippen molar-refractivity contribution in [3.8, 4) is 0 Å². The molecule has 0 N–H and O–H groups in total. The van der Waals surface area contributed by atoms with E-state index < -0.39 is 15.8 Å². The van der Waals surface area contributed by atoms with Gasteiger partial charge in [0.15, 0.2) is 0 Å². The van der Waals surface area contributed by atoms with Crippen LogP contribution in [-0.2, 0) is 12.3 Å². The van der Waals surface area contributed by atoms with E-state index in [-0.39, 0.29) is 0 Å². The van der Waals surface area contributed by atoms with E-state index in [2.05, 4.69) is 149 Å². The largest absolute Gasteiger partial charge is 0.105 e. The maximum Gasteiger partial charge on any atom is 0.00164 e. The number of rotatable bonds is 8. The van der Waals surface area contributed by atoms with Crippen LogP contribution in [0.15, 0.2) is 140 Å². The molecule has 0 saturated heterocycles. The molecule has 0 heterocycles. The fraction of sp³-hybridized carbons (Fsp3) is 0.0625. The first kappa shape index (κ1) is 24.1. The van der Waals surface area contributed by atoms with Crippen LogP contribution < -0.4 is 26.5 Å². The maximum absolute atomic E-state index is 3.02. The molecule has 5 aromatic carbocycles. The minimum absolute atomic E-state index is 0.491. The van der Waals surface area contributed by atoms with Gasteiger partial charge in [0, 0.05) is 12.3 Å². The fourth-order valence-corrected chi connectivity index (χ4v) is 9.78. The van der Waals surface area contributed by atoms with Crippen LogP contribution in [0.1, 0.15) is 11.1 Å². The predicted octanol–water partition coefficient (Wildman–Crippen LogP) is 6.45. The van der Waals surface area contributed by atoms with Crippen molar-refractivity contribution in [1.29, 1.82) is 0 Å². The van der Waals surface area contributed by atoms with Crippen LogP contribution in [0, 0.1) is 0 Å². The van der Waals surface area contributed by atoms with Gasteiger partial charge in [0.05, 0.1) is 0 Å². The van der Waals surface area contributed by atoms with Gasteiger partial charge in [-0.2, -0.15) is 0 Å². The highest BCUT2D eigenvalue weighted by molar-refractivity contribution is 7.72. The zero-order valence-electron chi connectivity index (χ0n) is 19.7. The van der Waals surface area contributed by atoms with E-state index >= 15 is 0 Å². The Morgan fingerprint density at radius 3 is 1.17 bits per heavy atom.